The van der Waals surface area contributed by atoms with Crippen molar-refractivity contribution in [2.24, 2.45) is 17.3 Å². The summed E-state index contributed by atoms with van der Waals surface area (Å²) < 4.78 is 5.45. The molecule has 0 N–H and O–H groups in total. The van der Waals surface area contributed by atoms with E-state index in [0.717, 1.165) is 24.8 Å². The number of esters is 1. The maximum absolute atomic E-state index is 12.3. The van der Waals surface area contributed by atoms with Gasteiger partial charge < -0.3 is 4.74 Å². The first-order chi connectivity index (χ1) is 10.0. The van der Waals surface area contributed by atoms with Crippen LogP contribution < -0.4 is 0 Å². The first-order valence-corrected chi connectivity index (χ1v) is 7.90. The zero-order valence-electron chi connectivity index (χ0n) is 13.3. The van der Waals surface area contributed by atoms with E-state index >= 15 is 0 Å². The van der Waals surface area contributed by atoms with Gasteiger partial charge in [-0.1, -0.05) is 50.3 Å². The molecule has 2 atom stereocenters. The Balaban J connectivity index is 1.81. The normalized spacial score (nSPS) is 25.6. The standard InChI is InChI=1S/C19H26O2/c1-15(2)17-11-12-19(3,14-17)18(20)21-13-7-10-16-8-5-4-6-9-16/h4-10,15,17H,11-14H2,1-3H3/b10-7+. The molecule has 1 fully saturated rings. The Bertz CT molecular complexity index is 490. The minimum absolute atomic E-state index is 0.0386. The number of hydrogen-bond acceptors (Lipinski definition) is 2. The fourth-order valence-corrected chi connectivity index (χ4v) is 3.09. The molecule has 0 amide bonds. The molecule has 0 bridgehead atoms. The van der Waals surface area contributed by atoms with Crippen molar-refractivity contribution in [3.63, 3.8) is 0 Å². The van der Waals surface area contributed by atoms with Crippen LogP contribution in [0.5, 0.6) is 0 Å². The summed E-state index contributed by atoms with van der Waals surface area (Å²) in [6.45, 7) is 6.89. The average Bonchev–Trinajstić information content (AvgIpc) is 2.89. The lowest BCUT2D eigenvalue weighted by Gasteiger charge is -2.22. The van der Waals surface area contributed by atoms with Crippen LogP contribution in [0.1, 0.15) is 45.6 Å². The monoisotopic (exact) mass is 286 g/mol. The van der Waals surface area contributed by atoms with Gasteiger partial charge in [0, 0.05) is 0 Å². The summed E-state index contributed by atoms with van der Waals surface area (Å²) in [5, 5.41) is 0. The summed E-state index contributed by atoms with van der Waals surface area (Å²) in [7, 11) is 0. The van der Waals surface area contributed by atoms with Gasteiger partial charge in [0.25, 0.3) is 0 Å². The summed E-state index contributed by atoms with van der Waals surface area (Å²) in [6.07, 6.45) is 6.96. The highest BCUT2D eigenvalue weighted by Gasteiger charge is 2.43. The van der Waals surface area contributed by atoms with Crippen LogP contribution in [0.15, 0.2) is 36.4 Å². The second-order valence-corrected chi connectivity index (χ2v) is 6.72. The lowest BCUT2D eigenvalue weighted by atomic mass is 9.85. The molecule has 1 aromatic rings. The topological polar surface area (TPSA) is 26.3 Å². The van der Waals surface area contributed by atoms with E-state index in [1.54, 1.807) is 0 Å². The van der Waals surface area contributed by atoms with E-state index in [1.165, 1.54) is 0 Å². The molecule has 2 heteroatoms. The van der Waals surface area contributed by atoms with Gasteiger partial charge in [0.1, 0.15) is 6.61 Å². The molecule has 114 valence electrons. The Morgan fingerprint density at radius 2 is 2.10 bits per heavy atom. The van der Waals surface area contributed by atoms with Crippen molar-refractivity contribution in [1.29, 1.82) is 0 Å². The average molecular weight is 286 g/mol. The molecule has 1 aromatic carbocycles. The summed E-state index contributed by atoms with van der Waals surface area (Å²) in [4.78, 5) is 12.3. The zero-order valence-corrected chi connectivity index (χ0v) is 13.3. The number of carbonyl (C=O) groups is 1. The summed E-state index contributed by atoms with van der Waals surface area (Å²) in [5.41, 5.74) is 0.843. The van der Waals surface area contributed by atoms with Crippen molar-refractivity contribution in [1.82, 2.24) is 0 Å². The second-order valence-electron chi connectivity index (χ2n) is 6.72. The highest BCUT2D eigenvalue weighted by Crippen LogP contribution is 2.45. The van der Waals surface area contributed by atoms with Crippen LogP contribution in [-0.2, 0) is 9.53 Å². The Kier molecular flexibility index (Phi) is 5.22. The van der Waals surface area contributed by atoms with E-state index in [4.69, 9.17) is 4.74 Å². The van der Waals surface area contributed by atoms with Crippen molar-refractivity contribution in [2.75, 3.05) is 6.61 Å². The van der Waals surface area contributed by atoms with Crippen LogP contribution in [0.4, 0.5) is 0 Å². The molecule has 1 aliphatic carbocycles. The van der Waals surface area contributed by atoms with E-state index in [1.807, 2.05) is 42.5 Å². The SMILES string of the molecule is CC(C)C1CCC(C)(C(=O)OC/C=C/c2ccccc2)C1. The maximum atomic E-state index is 12.3. The minimum Gasteiger partial charge on any atom is -0.461 e. The van der Waals surface area contributed by atoms with E-state index in [9.17, 15) is 4.79 Å². The highest BCUT2D eigenvalue weighted by molar-refractivity contribution is 5.77. The van der Waals surface area contributed by atoms with E-state index in [-0.39, 0.29) is 11.4 Å². The van der Waals surface area contributed by atoms with Crippen LogP contribution in [0.2, 0.25) is 0 Å². The van der Waals surface area contributed by atoms with Crippen molar-refractivity contribution in [3.8, 4) is 0 Å². The molecule has 0 aliphatic heterocycles. The molecular weight excluding hydrogens is 260 g/mol. The Hall–Kier alpha value is -1.57. The van der Waals surface area contributed by atoms with Gasteiger partial charge in [-0.15, -0.1) is 0 Å². The van der Waals surface area contributed by atoms with Gasteiger partial charge in [0.2, 0.25) is 0 Å². The lowest BCUT2D eigenvalue weighted by molar-refractivity contribution is -0.153. The van der Waals surface area contributed by atoms with E-state index in [0.29, 0.717) is 18.4 Å². The van der Waals surface area contributed by atoms with Crippen LogP contribution in [0.3, 0.4) is 0 Å². The quantitative estimate of drug-likeness (QED) is 0.733. The first kappa shape index (κ1) is 15.8. The lowest BCUT2D eigenvalue weighted by Crippen LogP contribution is -2.27. The third kappa shape index (κ3) is 4.20. The molecular formula is C19H26O2. The molecule has 0 radical (unpaired) electrons. The van der Waals surface area contributed by atoms with Gasteiger partial charge in [0.15, 0.2) is 0 Å². The Labute approximate surface area is 128 Å². The second kappa shape index (κ2) is 6.93. The van der Waals surface area contributed by atoms with Crippen LogP contribution >= 0.6 is 0 Å². The maximum Gasteiger partial charge on any atom is 0.312 e. The van der Waals surface area contributed by atoms with Gasteiger partial charge >= 0.3 is 5.97 Å². The third-order valence-electron chi connectivity index (χ3n) is 4.64. The number of rotatable bonds is 5. The predicted octanol–water partition coefficient (Wildman–Crippen LogP) is 4.71. The van der Waals surface area contributed by atoms with Crippen molar-refractivity contribution in [3.05, 3.63) is 42.0 Å². The predicted molar refractivity (Wildman–Crippen MR) is 86.7 cm³/mol. The van der Waals surface area contributed by atoms with Gasteiger partial charge in [-0.25, -0.2) is 0 Å². The fraction of sp³-hybridized carbons (Fsp3) is 0.526. The number of hydrogen-bond donors (Lipinski definition) is 0. The Morgan fingerprint density at radius 1 is 1.38 bits per heavy atom. The van der Waals surface area contributed by atoms with Gasteiger partial charge in [-0.05, 0) is 49.7 Å². The third-order valence-corrected chi connectivity index (χ3v) is 4.64. The summed E-state index contributed by atoms with van der Waals surface area (Å²) in [5.74, 6) is 1.27. The molecule has 0 saturated heterocycles. The zero-order chi connectivity index (χ0) is 15.3. The van der Waals surface area contributed by atoms with E-state index in [2.05, 4.69) is 20.8 Å². The molecule has 2 unspecified atom stereocenters. The van der Waals surface area contributed by atoms with Gasteiger partial charge in [0.05, 0.1) is 5.41 Å². The summed E-state index contributed by atoms with van der Waals surface area (Å²) >= 11 is 0. The molecule has 0 aromatic heterocycles. The number of benzene rings is 1. The molecule has 2 nitrogen and oxygen atoms in total. The van der Waals surface area contributed by atoms with Gasteiger partial charge in [-0.3, -0.25) is 4.79 Å². The van der Waals surface area contributed by atoms with Crippen LogP contribution in [0.25, 0.3) is 6.08 Å². The molecule has 0 spiro atoms. The largest absolute Gasteiger partial charge is 0.461 e. The Morgan fingerprint density at radius 3 is 2.71 bits per heavy atom. The number of carbonyl (C=O) groups excluding carboxylic acids is 1. The smallest absolute Gasteiger partial charge is 0.312 e. The van der Waals surface area contributed by atoms with Crippen molar-refractivity contribution >= 4 is 12.0 Å². The first-order valence-electron chi connectivity index (χ1n) is 7.90. The van der Waals surface area contributed by atoms with Crippen LogP contribution in [0, 0.1) is 17.3 Å². The van der Waals surface area contributed by atoms with Crippen molar-refractivity contribution in [2.45, 2.75) is 40.0 Å². The molecule has 2 rings (SSSR count). The molecule has 1 aliphatic rings. The molecule has 0 heterocycles. The molecule has 21 heavy (non-hydrogen) atoms. The van der Waals surface area contributed by atoms with E-state index < -0.39 is 0 Å². The summed E-state index contributed by atoms with van der Waals surface area (Å²) in [6, 6.07) is 10.0. The fourth-order valence-electron chi connectivity index (χ4n) is 3.09. The number of ether oxygens (including phenoxy) is 1. The van der Waals surface area contributed by atoms with Gasteiger partial charge in [-0.2, -0.15) is 0 Å². The molecule has 1 saturated carbocycles. The van der Waals surface area contributed by atoms with Crippen molar-refractivity contribution < 1.29 is 9.53 Å². The van der Waals surface area contributed by atoms with Crippen LogP contribution in [-0.4, -0.2) is 12.6 Å². The highest BCUT2D eigenvalue weighted by atomic mass is 16.5. The minimum atomic E-state index is -0.282.